The van der Waals surface area contributed by atoms with E-state index in [1.165, 1.54) is 43.4 Å². The molecule has 1 saturated heterocycles. The van der Waals surface area contributed by atoms with Crippen molar-refractivity contribution in [2.75, 3.05) is 18.4 Å². The lowest BCUT2D eigenvalue weighted by molar-refractivity contribution is -0.120. The van der Waals surface area contributed by atoms with Crippen molar-refractivity contribution in [2.24, 2.45) is 0 Å². The first kappa shape index (κ1) is 13.4. The van der Waals surface area contributed by atoms with E-state index in [-0.39, 0.29) is 11.9 Å². The van der Waals surface area contributed by atoms with Gasteiger partial charge in [-0.2, -0.15) is 0 Å². The number of hydrogen-bond donors (Lipinski definition) is 1. The molecule has 0 spiro atoms. The van der Waals surface area contributed by atoms with Crippen molar-refractivity contribution in [2.45, 2.75) is 45.1 Å². The molecule has 2 rings (SSSR count). The lowest BCUT2D eigenvalue weighted by Gasteiger charge is -2.29. The van der Waals surface area contributed by atoms with Gasteiger partial charge >= 0.3 is 0 Å². The maximum Gasteiger partial charge on any atom is 0.243 e. The van der Waals surface area contributed by atoms with Gasteiger partial charge in [-0.25, -0.2) is 0 Å². The highest BCUT2D eigenvalue weighted by Gasteiger charge is 2.22. The third-order valence-electron chi connectivity index (χ3n) is 3.41. The predicted molar refractivity (Wildman–Crippen MR) is 72.7 cm³/mol. The van der Waals surface area contributed by atoms with E-state index in [2.05, 4.69) is 20.4 Å². The number of nitrogens with one attached hydrogen (secondary N) is 1. The zero-order valence-electron chi connectivity index (χ0n) is 10.8. The zero-order chi connectivity index (χ0) is 12.8. The smallest absolute Gasteiger partial charge is 0.243 e. The van der Waals surface area contributed by atoms with E-state index < -0.39 is 0 Å². The average Bonchev–Trinajstić information content (AvgIpc) is 2.80. The van der Waals surface area contributed by atoms with Gasteiger partial charge in [-0.1, -0.05) is 30.6 Å². The van der Waals surface area contributed by atoms with Crippen LogP contribution in [0.15, 0.2) is 5.51 Å². The standard InChI is InChI=1S/C12H20N4OS/c1-10(11(17)14-12-15-13-9-18-12)16-7-5-3-2-4-6-8-16/h9-10H,2-8H2,1H3,(H,14,15,17)/t10-/m0/s1. The van der Waals surface area contributed by atoms with Gasteiger partial charge in [0.2, 0.25) is 11.0 Å². The van der Waals surface area contributed by atoms with Gasteiger partial charge in [-0.3, -0.25) is 15.0 Å². The van der Waals surface area contributed by atoms with Gasteiger partial charge in [-0.15, -0.1) is 10.2 Å². The second kappa shape index (κ2) is 6.80. The van der Waals surface area contributed by atoms with Crippen LogP contribution in [0.5, 0.6) is 0 Å². The molecule has 1 amide bonds. The summed E-state index contributed by atoms with van der Waals surface area (Å²) in [5.74, 6) is 0.0207. The lowest BCUT2D eigenvalue weighted by atomic mass is 10.1. The Bertz CT molecular complexity index is 360. The quantitative estimate of drug-likeness (QED) is 0.912. The third-order valence-corrected chi connectivity index (χ3v) is 4.01. The van der Waals surface area contributed by atoms with Crippen LogP contribution < -0.4 is 5.32 Å². The summed E-state index contributed by atoms with van der Waals surface area (Å²) in [6.07, 6.45) is 6.27. The van der Waals surface area contributed by atoms with Gasteiger partial charge < -0.3 is 0 Å². The highest BCUT2D eigenvalue weighted by Crippen LogP contribution is 2.14. The summed E-state index contributed by atoms with van der Waals surface area (Å²) in [5, 5.41) is 11.0. The molecule has 2 heterocycles. The number of amides is 1. The monoisotopic (exact) mass is 268 g/mol. The second-order valence-electron chi connectivity index (χ2n) is 4.71. The Morgan fingerprint density at radius 2 is 2.00 bits per heavy atom. The molecule has 1 aliphatic rings. The Morgan fingerprint density at radius 1 is 1.33 bits per heavy atom. The van der Waals surface area contributed by atoms with Crippen molar-refractivity contribution in [1.29, 1.82) is 0 Å². The Morgan fingerprint density at radius 3 is 2.61 bits per heavy atom. The predicted octanol–water partition coefficient (Wildman–Crippen LogP) is 2.13. The summed E-state index contributed by atoms with van der Waals surface area (Å²) < 4.78 is 0. The van der Waals surface area contributed by atoms with Crippen LogP contribution in [0.25, 0.3) is 0 Å². The summed E-state index contributed by atoms with van der Waals surface area (Å²) in [6, 6.07) is -0.0907. The van der Waals surface area contributed by atoms with E-state index in [0.717, 1.165) is 13.1 Å². The molecule has 6 heteroatoms. The molecule has 1 atom stereocenters. The summed E-state index contributed by atoms with van der Waals surface area (Å²) >= 11 is 1.35. The van der Waals surface area contributed by atoms with Crippen LogP contribution in [0, 0.1) is 0 Å². The van der Waals surface area contributed by atoms with E-state index in [1.807, 2.05) is 6.92 Å². The van der Waals surface area contributed by atoms with E-state index >= 15 is 0 Å². The first-order valence-electron chi connectivity index (χ1n) is 6.58. The van der Waals surface area contributed by atoms with E-state index in [1.54, 1.807) is 5.51 Å². The number of aromatic nitrogens is 2. The number of carbonyl (C=O) groups is 1. The van der Waals surface area contributed by atoms with Crippen molar-refractivity contribution in [3.63, 3.8) is 0 Å². The van der Waals surface area contributed by atoms with Gasteiger partial charge in [0.1, 0.15) is 5.51 Å². The van der Waals surface area contributed by atoms with E-state index in [0.29, 0.717) is 5.13 Å². The molecule has 0 radical (unpaired) electrons. The van der Waals surface area contributed by atoms with E-state index in [4.69, 9.17) is 0 Å². The first-order valence-corrected chi connectivity index (χ1v) is 7.46. The number of likely N-dealkylation sites (tertiary alicyclic amines) is 1. The number of hydrogen-bond acceptors (Lipinski definition) is 5. The lowest BCUT2D eigenvalue weighted by Crippen LogP contribution is -2.43. The Kier molecular flexibility index (Phi) is 5.07. The molecule has 0 bridgehead atoms. The molecule has 1 aromatic rings. The van der Waals surface area contributed by atoms with Crippen molar-refractivity contribution in [1.82, 2.24) is 15.1 Å². The SMILES string of the molecule is C[C@@H](C(=O)Nc1nncs1)N1CCCCCCC1. The van der Waals surface area contributed by atoms with Gasteiger partial charge in [0, 0.05) is 0 Å². The van der Waals surface area contributed by atoms with Gasteiger partial charge in [0.25, 0.3) is 0 Å². The Labute approximate surface area is 112 Å². The summed E-state index contributed by atoms with van der Waals surface area (Å²) in [7, 11) is 0. The highest BCUT2D eigenvalue weighted by molar-refractivity contribution is 7.13. The molecule has 5 nitrogen and oxygen atoms in total. The fourth-order valence-corrected chi connectivity index (χ4v) is 2.71. The molecule has 1 aromatic heterocycles. The summed E-state index contributed by atoms with van der Waals surface area (Å²) in [5.41, 5.74) is 1.62. The molecule has 18 heavy (non-hydrogen) atoms. The summed E-state index contributed by atoms with van der Waals surface area (Å²) in [4.78, 5) is 14.4. The van der Waals surface area contributed by atoms with Crippen molar-refractivity contribution >= 4 is 22.4 Å². The third kappa shape index (κ3) is 3.74. The topological polar surface area (TPSA) is 58.1 Å². The molecule has 0 unspecified atom stereocenters. The van der Waals surface area contributed by atoms with Crippen LogP contribution in [0.1, 0.15) is 39.0 Å². The molecule has 0 saturated carbocycles. The summed E-state index contributed by atoms with van der Waals surface area (Å²) in [6.45, 7) is 4.01. The van der Waals surface area contributed by atoms with Crippen LogP contribution in [-0.4, -0.2) is 40.1 Å². The van der Waals surface area contributed by atoms with Gasteiger partial charge in [0.15, 0.2) is 0 Å². The molecule has 1 N–H and O–H groups in total. The zero-order valence-corrected chi connectivity index (χ0v) is 11.6. The maximum absolute atomic E-state index is 12.1. The van der Waals surface area contributed by atoms with Crippen molar-refractivity contribution < 1.29 is 4.79 Å². The highest BCUT2D eigenvalue weighted by atomic mass is 32.1. The van der Waals surface area contributed by atoms with Crippen molar-refractivity contribution in [3.8, 4) is 0 Å². The van der Waals surface area contributed by atoms with Crippen LogP contribution in [0.2, 0.25) is 0 Å². The van der Waals surface area contributed by atoms with Crippen molar-refractivity contribution in [3.05, 3.63) is 5.51 Å². The average molecular weight is 268 g/mol. The van der Waals surface area contributed by atoms with E-state index in [9.17, 15) is 4.79 Å². The minimum absolute atomic E-state index is 0.0207. The van der Waals surface area contributed by atoms with Gasteiger partial charge in [0.05, 0.1) is 6.04 Å². The fourth-order valence-electron chi connectivity index (χ4n) is 2.26. The van der Waals surface area contributed by atoms with Gasteiger partial charge in [-0.05, 0) is 32.9 Å². The molecule has 0 aromatic carbocycles. The molecule has 0 aliphatic carbocycles. The minimum atomic E-state index is -0.0907. The molecule has 100 valence electrons. The second-order valence-corrected chi connectivity index (χ2v) is 5.55. The van der Waals surface area contributed by atoms with Crippen LogP contribution >= 0.6 is 11.3 Å². The molecule has 1 fully saturated rings. The number of nitrogens with zero attached hydrogens (tertiary/aromatic N) is 3. The van der Waals surface area contributed by atoms with Crippen LogP contribution in [0.3, 0.4) is 0 Å². The molecular formula is C12H20N4OS. The largest absolute Gasteiger partial charge is 0.299 e. The molecular weight excluding hydrogens is 248 g/mol. The number of rotatable bonds is 3. The molecule has 1 aliphatic heterocycles. The minimum Gasteiger partial charge on any atom is -0.299 e. The Hall–Kier alpha value is -1.01. The van der Waals surface area contributed by atoms with Crippen LogP contribution in [-0.2, 0) is 4.79 Å². The number of carbonyl (C=O) groups excluding carboxylic acids is 1. The number of anilines is 1. The first-order chi connectivity index (χ1) is 8.77. The maximum atomic E-state index is 12.1. The van der Waals surface area contributed by atoms with Crippen LogP contribution in [0.4, 0.5) is 5.13 Å². The fraction of sp³-hybridized carbons (Fsp3) is 0.750. The Balaban J connectivity index is 1.87. The normalized spacial score (nSPS) is 19.8.